The standard InChI is InChI=1S/C18H13ClF4N2O2/c1-9(18(21,22)23)26-14-8-11(24)7-10-5-6-25-17(15(10)14)27-16-12(19)3-2-4-13(16)20/h2-9H,24H2,1H3. The van der Waals surface area contributed by atoms with Crippen LogP contribution in [0.15, 0.2) is 42.6 Å². The van der Waals surface area contributed by atoms with Crippen molar-refractivity contribution >= 4 is 28.1 Å². The van der Waals surface area contributed by atoms with Crippen molar-refractivity contribution in [2.75, 3.05) is 5.73 Å². The van der Waals surface area contributed by atoms with Crippen LogP contribution in [0.1, 0.15) is 6.92 Å². The number of aromatic nitrogens is 1. The van der Waals surface area contributed by atoms with Crippen LogP contribution in [0.5, 0.6) is 17.4 Å². The highest BCUT2D eigenvalue weighted by Gasteiger charge is 2.38. The third-order valence-corrected chi connectivity index (χ3v) is 3.99. The molecular weight excluding hydrogens is 388 g/mol. The summed E-state index contributed by atoms with van der Waals surface area (Å²) in [4.78, 5) is 3.99. The van der Waals surface area contributed by atoms with Gasteiger partial charge < -0.3 is 15.2 Å². The van der Waals surface area contributed by atoms with E-state index in [-0.39, 0.29) is 33.5 Å². The fourth-order valence-corrected chi connectivity index (χ4v) is 2.58. The molecule has 3 rings (SSSR count). The van der Waals surface area contributed by atoms with Crippen LogP contribution in [0.25, 0.3) is 10.8 Å². The number of halogens is 5. The van der Waals surface area contributed by atoms with Gasteiger partial charge in [-0.1, -0.05) is 17.7 Å². The molecule has 0 saturated carbocycles. The summed E-state index contributed by atoms with van der Waals surface area (Å²) in [6, 6.07) is 8.19. The average molecular weight is 401 g/mol. The molecule has 0 radical (unpaired) electrons. The highest BCUT2D eigenvalue weighted by Crippen LogP contribution is 2.40. The molecule has 0 aliphatic heterocycles. The van der Waals surface area contributed by atoms with Crippen molar-refractivity contribution in [3.05, 3.63) is 53.4 Å². The summed E-state index contributed by atoms with van der Waals surface area (Å²) in [7, 11) is 0. The highest BCUT2D eigenvalue weighted by molar-refractivity contribution is 6.32. The number of anilines is 1. The van der Waals surface area contributed by atoms with Gasteiger partial charge in [0.25, 0.3) is 0 Å². The van der Waals surface area contributed by atoms with Crippen LogP contribution < -0.4 is 15.2 Å². The van der Waals surface area contributed by atoms with E-state index in [9.17, 15) is 17.6 Å². The minimum atomic E-state index is -4.59. The van der Waals surface area contributed by atoms with Crippen LogP contribution in [-0.2, 0) is 0 Å². The normalized spacial score (nSPS) is 12.8. The molecule has 0 saturated heterocycles. The van der Waals surface area contributed by atoms with Gasteiger partial charge in [-0.2, -0.15) is 13.2 Å². The molecule has 27 heavy (non-hydrogen) atoms. The average Bonchev–Trinajstić information content (AvgIpc) is 2.57. The van der Waals surface area contributed by atoms with Crippen molar-refractivity contribution in [3.8, 4) is 17.4 Å². The molecular formula is C18H13ClF4N2O2. The van der Waals surface area contributed by atoms with Crippen molar-refractivity contribution in [1.82, 2.24) is 4.98 Å². The first kappa shape index (κ1) is 19.0. The molecule has 0 amide bonds. The zero-order chi connectivity index (χ0) is 19.8. The number of ether oxygens (including phenoxy) is 2. The lowest BCUT2D eigenvalue weighted by Gasteiger charge is -2.20. The molecule has 3 aromatic rings. The number of alkyl halides is 3. The first-order chi connectivity index (χ1) is 12.7. The molecule has 4 nitrogen and oxygen atoms in total. The molecule has 2 N–H and O–H groups in total. The second kappa shape index (κ2) is 7.11. The molecule has 0 spiro atoms. The third kappa shape index (κ3) is 4.00. The zero-order valence-electron chi connectivity index (χ0n) is 13.8. The van der Waals surface area contributed by atoms with Gasteiger partial charge >= 0.3 is 6.18 Å². The minimum Gasteiger partial charge on any atom is -0.480 e. The number of fused-ring (bicyclic) bond motifs is 1. The van der Waals surface area contributed by atoms with Gasteiger partial charge in [0.15, 0.2) is 17.7 Å². The quantitative estimate of drug-likeness (QED) is 0.448. The fraction of sp³-hybridized carbons (Fsp3) is 0.167. The molecule has 0 aliphatic carbocycles. The Labute approximate surface area is 156 Å². The lowest BCUT2D eigenvalue weighted by Crippen LogP contribution is -2.31. The number of hydrogen-bond donors (Lipinski definition) is 1. The van der Waals surface area contributed by atoms with E-state index in [0.717, 1.165) is 13.0 Å². The Balaban J connectivity index is 2.14. The van der Waals surface area contributed by atoms with E-state index in [1.165, 1.54) is 36.5 Å². The predicted molar refractivity (Wildman–Crippen MR) is 93.8 cm³/mol. The number of nitrogen functional groups attached to an aromatic ring is 1. The topological polar surface area (TPSA) is 57.4 Å². The number of nitrogens with two attached hydrogens (primary N) is 1. The van der Waals surface area contributed by atoms with Crippen molar-refractivity contribution in [2.45, 2.75) is 19.2 Å². The van der Waals surface area contributed by atoms with Gasteiger partial charge in [0.1, 0.15) is 5.75 Å². The van der Waals surface area contributed by atoms with E-state index in [1.54, 1.807) is 0 Å². The number of hydrogen-bond acceptors (Lipinski definition) is 4. The fourth-order valence-electron chi connectivity index (χ4n) is 2.37. The van der Waals surface area contributed by atoms with E-state index in [2.05, 4.69) is 4.98 Å². The van der Waals surface area contributed by atoms with Crippen LogP contribution in [0.4, 0.5) is 23.2 Å². The van der Waals surface area contributed by atoms with Gasteiger partial charge in [-0.25, -0.2) is 9.37 Å². The number of nitrogens with zero attached hydrogens (tertiary/aromatic N) is 1. The van der Waals surface area contributed by atoms with Crippen molar-refractivity contribution < 1.29 is 27.0 Å². The summed E-state index contributed by atoms with van der Waals surface area (Å²) in [6.45, 7) is 0.861. The van der Waals surface area contributed by atoms with E-state index >= 15 is 0 Å². The van der Waals surface area contributed by atoms with Crippen molar-refractivity contribution in [2.24, 2.45) is 0 Å². The summed E-state index contributed by atoms with van der Waals surface area (Å²) >= 11 is 5.95. The number of para-hydroxylation sites is 1. The van der Waals surface area contributed by atoms with Crippen LogP contribution in [0.3, 0.4) is 0 Å². The Bertz CT molecular complexity index is 975. The molecule has 2 aromatic carbocycles. The van der Waals surface area contributed by atoms with Gasteiger partial charge in [-0.05, 0) is 36.6 Å². The smallest absolute Gasteiger partial charge is 0.425 e. The minimum absolute atomic E-state index is 0.0182. The van der Waals surface area contributed by atoms with E-state index in [0.29, 0.717) is 5.39 Å². The predicted octanol–water partition coefficient (Wildman–Crippen LogP) is 5.73. The monoisotopic (exact) mass is 400 g/mol. The third-order valence-electron chi connectivity index (χ3n) is 3.70. The summed E-state index contributed by atoms with van der Waals surface area (Å²) in [5, 5.41) is 0.509. The molecule has 0 aliphatic rings. The molecule has 1 heterocycles. The maximum absolute atomic E-state index is 14.0. The maximum Gasteiger partial charge on any atom is 0.425 e. The first-order valence-electron chi connectivity index (χ1n) is 7.70. The number of pyridine rings is 1. The number of rotatable bonds is 4. The maximum atomic E-state index is 14.0. The number of benzene rings is 2. The van der Waals surface area contributed by atoms with E-state index in [4.69, 9.17) is 26.8 Å². The first-order valence-corrected chi connectivity index (χ1v) is 8.08. The van der Waals surface area contributed by atoms with Gasteiger partial charge in [-0.3, -0.25) is 0 Å². The molecule has 142 valence electrons. The lowest BCUT2D eigenvalue weighted by atomic mass is 10.1. The molecule has 1 unspecified atom stereocenters. The largest absolute Gasteiger partial charge is 0.480 e. The summed E-state index contributed by atoms with van der Waals surface area (Å²) in [6.07, 6.45) is -5.34. The molecule has 0 fully saturated rings. The van der Waals surface area contributed by atoms with Crippen LogP contribution in [0, 0.1) is 5.82 Å². The molecule has 9 heteroatoms. The highest BCUT2D eigenvalue weighted by atomic mass is 35.5. The summed E-state index contributed by atoms with van der Waals surface area (Å²) in [5.74, 6) is -1.40. The van der Waals surface area contributed by atoms with Crippen LogP contribution in [0.2, 0.25) is 5.02 Å². The SMILES string of the molecule is CC(Oc1cc(N)cc2ccnc(Oc3c(F)cccc3Cl)c12)C(F)(F)F. The summed E-state index contributed by atoms with van der Waals surface area (Å²) < 4.78 is 63.3. The van der Waals surface area contributed by atoms with Crippen molar-refractivity contribution in [1.29, 1.82) is 0 Å². The Morgan fingerprint density at radius 2 is 1.93 bits per heavy atom. The van der Waals surface area contributed by atoms with Crippen LogP contribution in [-0.4, -0.2) is 17.3 Å². The molecule has 1 atom stereocenters. The summed E-state index contributed by atoms with van der Waals surface area (Å²) in [5.41, 5.74) is 5.94. The zero-order valence-corrected chi connectivity index (χ0v) is 14.6. The second-order valence-corrected chi connectivity index (χ2v) is 6.09. The second-order valence-electron chi connectivity index (χ2n) is 5.69. The van der Waals surface area contributed by atoms with E-state index in [1.807, 2.05) is 0 Å². The Hall–Kier alpha value is -2.74. The Morgan fingerprint density at radius 1 is 1.19 bits per heavy atom. The molecule has 1 aromatic heterocycles. The van der Waals surface area contributed by atoms with Crippen molar-refractivity contribution in [3.63, 3.8) is 0 Å². The van der Waals surface area contributed by atoms with Gasteiger partial charge in [0.05, 0.1) is 10.4 Å². The Kier molecular flexibility index (Phi) is 5.01. The van der Waals surface area contributed by atoms with Gasteiger partial charge in [0, 0.05) is 18.0 Å². The lowest BCUT2D eigenvalue weighted by molar-refractivity contribution is -0.188. The van der Waals surface area contributed by atoms with Gasteiger partial charge in [-0.15, -0.1) is 0 Å². The van der Waals surface area contributed by atoms with Crippen LogP contribution >= 0.6 is 11.6 Å². The van der Waals surface area contributed by atoms with Gasteiger partial charge in [0.2, 0.25) is 5.88 Å². The van der Waals surface area contributed by atoms with E-state index < -0.39 is 18.1 Å². The molecule has 0 bridgehead atoms. The Morgan fingerprint density at radius 3 is 2.59 bits per heavy atom.